The highest BCUT2D eigenvalue weighted by Crippen LogP contribution is 2.06. The number of nitrogens with zero attached hydrogens (tertiary/aromatic N) is 1. The van der Waals surface area contributed by atoms with Gasteiger partial charge in [0.1, 0.15) is 0 Å². The number of unbranched alkanes of at least 4 members (excludes halogenated alkanes) is 1. The highest BCUT2D eigenvalue weighted by atomic mass is 16.1. The second-order valence-electron chi connectivity index (χ2n) is 4.36. The summed E-state index contributed by atoms with van der Waals surface area (Å²) < 4.78 is 0. The fourth-order valence-corrected chi connectivity index (χ4v) is 1.96. The molecule has 1 rings (SSSR count). The molecule has 1 aliphatic heterocycles. The maximum Gasteiger partial charge on any atom is 0.219 e. The van der Waals surface area contributed by atoms with E-state index in [9.17, 15) is 4.79 Å². The standard InChI is InChI=1S/C12H24N2O/c1-2-3-7-12(15)13-8-6-11-14-9-4-5-10-14/h2-11H2,1H3,(H,13,15). The molecule has 0 spiro atoms. The third-order valence-electron chi connectivity index (χ3n) is 2.93. The molecule has 0 aromatic carbocycles. The van der Waals surface area contributed by atoms with Crippen LogP contribution in [0.2, 0.25) is 0 Å². The number of likely N-dealkylation sites (tertiary alicyclic amines) is 1. The monoisotopic (exact) mass is 212 g/mol. The van der Waals surface area contributed by atoms with E-state index in [0.717, 1.165) is 32.4 Å². The van der Waals surface area contributed by atoms with E-state index in [2.05, 4.69) is 17.1 Å². The largest absolute Gasteiger partial charge is 0.356 e. The molecule has 1 saturated heterocycles. The third kappa shape index (κ3) is 5.78. The smallest absolute Gasteiger partial charge is 0.219 e. The van der Waals surface area contributed by atoms with E-state index >= 15 is 0 Å². The van der Waals surface area contributed by atoms with Crippen LogP contribution in [0.1, 0.15) is 45.4 Å². The normalized spacial score (nSPS) is 16.9. The van der Waals surface area contributed by atoms with Crippen molar-refractivity contribution in [3.63, 3.8) is 0 Å². The quantitative estimate of drug-likeness (QED) is 0.652. The summed E-state index contributed by atoms with van der Waals surface area (Å²) in [7, 11) is 0. The lowest BCUT2D eigenvalue weighted by molar-refractivity contribution is -0.121. The molecule has 1 heterocycles. The molecule has 1 fully saturated rings. The molecule has 0 saturated carbocycles. The summed E-state index contributed by atoms with van der Waals surface area (Å²) in [6.45, 7) is 6.61. The average Bonchev–Trinajstić information content (AvgIpc) is 2.74. The first-order chi connectivity index (χ1) is 7.33. The van der Waals surface area contributed by atoms with Gasteiger partial charge in [-0.15, -0.1) is 0 Å². The van der Waals surface area contributed by atoms with E-state index in [0.29, 0.717) is 6.42 Å². The van der Waals surface area contributed by atoms with E-state index in [1.165, 1.54) is 25.9 Å². The molecule has 0 aromatic rings. The zero-order chi connectivity index (χ0) is 10.9. The van der Waals surface area contributed by atoms with Gasteiger partial charge in [0.05, 0.1) is 0 Å². The first kappa shape index (κ1) is 12.5. The molecule has 15 heavy (non-hydrogen) atoms. The van der Waals surface area contributed by atoms with Gasteiger partial charge < -0.3 is 10.2 Å². The Kier molecular flexibility index (Phi) is 6.41. The summed E-state index contributed by atoms with van der Waals surface area (Å²) in [6.07, 6.45) is 6.60. The number of hydrogen-bond acceptors (Lipinski definition) is 2. The first-order valence-corrected chi connectivity index (χ1v) is 6.32. The molecule has 1 N–H and O–H groups in total. The maximum absolute atomic E-state index is 11.3. The summed E-state index contributed by atoms with van der Waals surface area (Å²) in [5.74, 6) is 0.221. The lowest BCUT2D eigenvalue weighted by Crippen LogP contribution is -2.28. The Morgan fingerprint density at radius 1 is 1.27 bits per heavy atom. The van der Waals surface area contributed by atoms with E-state index < -0.39 is 0 Å². The number of hydrogen-bond donors (Lipinski definition) is 1. The van der Waals surface area contributed by atoms with E-state index in [4.69, 9.17) is 0 Å². The molecular formula is C12H24N2O. The van der Waals surface area contributed by atoms with Gasteiger partial charge in [-0.3, -0.25) is 4.79 Å². The summed E-state index contributed by atoms with van der Waals surface area (Å²) in [5.41, 5.74) is 0. The lowest BCUT2D eigenvalue weighted by Gasteiger charge is -2.14. The van der Waals surface area contributed by atoms with Crippen molar-refractivity contribution in [1.29, 1.82) is 0 Å². The Morgan fingerprint density at radius 3 is 2.67 bits per heavy atom. The highest BCUT2D eigenvalue weighted by Gasteiger charge is 2.10. The van der Waals surface area contributed by atoms with Crippen molar-refractivity contribution in [3.8, 4) is 0 Å². The molecule has 0 aliphatic carbocycles. The minimum absolute atomic E-state index is 0.221. The van der Waals surface area contributed by atoms with Crippen molar-refractivity contribution in [2.75, 3.05) is 26.2 Å². The Labute approximate surface area is 93.2 Å². The van der Waals surface area contributed by atoms with Crippen LogP contribution in [0, 0.1) is 0 Å². The van der Waals surface area contributed by atoms with Gasteiger partial charge in [-0.1, -0.05) is 13.3 Å². The zero-order valence-electron chi connectivity index (χ0n) is 9.93. The summed E-state index contributed by atoms with van der Waals surface area (Å²) in [4.78, 5) is 13.8. The van der Waals surface area contributed by atoms with Crippen molar-refractivity contribution in [2.24, 2.45) is 0 Å². The van der Waals surface area contributed by atoms with Crippen LogP contribution in [0.4, 0.5) is 0 Å². The fourth-order valence-electron chi connectivity index (χ4n) is 1.96. The molecule has 0 aromatic heterocycles. The molecule has 0 radical (unpaired) electrons. The van der Waals surface area contributed by atoms with Gasteiger partial charge in [0.25, 0.3) is 0 Å². The van der Waals surface area contributed by atoms with Crippen LogP contribution in [-0.2, 0) is 4.79 Å². The third-order valence-corrected chi connectivity index (χ3v) is 2.93. The number of nitrogens with one attached hydrogen (secondary N) is 1. The lowest BCUT2D eigenvalue weighted by atomic mass is 10.2. The molecule has 0 bridgehead atoms. The van der Waals surface area contributed by atoms with E-state index in [-0.39, 0.29) is 5.91 Å². The molecule has 1 aliphatic rings. The topological polar surface area (TPSA) is 32.3 Å². The van der Waals surface area contributed by atoms with Gasteiger partial charge in [-0.05, 0) is 45.3 Å². The molecule has 0 unspecified atom stereocenters. The molecule has 1 amide bonds. The SMILES string of the molecule is CCCCC(=O)NCCCN1CCCC1. The minimum atomic E-state index is 0.221. The van der Waals surface area contributed by atoms with Crippen molar-refractivity contribution < 1.29 is 4.79 Å². The van der Waals surface area contributed by atoms with Crippen LogP contribution in [0.25, 0.3) is 0 Å². The van der Waals surface area contributed by atoms with Crippen molar-refractivity contribution in [2.45, 2.75) is 45.4 Å². The molecule has 3 nitrogen and oxygen atoms in total. The van der Waals surface area contributed by atoms with Crippen molar-refractivity contribution in [1.82, 2.24) is 10.2 Å². The van der Waals surface area contributed by atoms with E-state index in [1.807, 2.05) is 0 Å². The summed E-state index contributed by atoms with van der Waals surface area (Å²) in [6, 6.07) is 0. The predicted molar refractivity (Wildman–Crippen MR) is 62.8 cm³/mol. The zero-order valence-corrected chi connectivity index (χ0v) is 9.93. The summed E-state index contributed by atoms with van der Waals surface area (Å²) in [5, 5.41) is 2.98. The first-order valence-electron chi connectivity index (χ1n) is 6.32. The Morgan fingerprint density at radius 2 is 2.00 bits per heavy atom. The van der Waals surface area contributed by atoms with Crippen LogP contribution in [0.15, 0.2) is 0 Å². The van der Waals surface area contributed by atoms with Gasteiger partial charge in [0.2, 0.25) is 5.91 Å². The molecule has 88 valence electrons. The van der Waals surface area contributed by atoms with E-state index in [1.54, 1.807) is 0 Å². The Balaban J connectivity index is 1.89. The highest BCUT2D eigenvalue weighted by molar-refractivity contribution is 5.75. The van der Waals surface area contributed by atoms with Gasteiger partial charge in [-0.2, -0.15) is 0 Å². The van der Waals surface area contributed by atoms with Crippen LogP contribution < -0.4 is 5.32 Å². The molecular weight excluding hydrogens is 188 g/mol. The second-order valence-corrected chi connectivity index (χ2v) is 4.36. The fraction of sp³-hybridized carbons (Fsp3) is 0.917. The predicted octanol–water partition coefficient (Wildman–Crippen LogP) is 1.78. The second kappa shape index (κ2) is 7.69. The average molecular weight is 212 g/mol. The van der Waals surface area contributed by atoms with Crippen LogP contribution >= 0.6 is 0 Å². The molecule has 3 heteroatoms. The van der Waals surface area contributed by atoms with Crippen molar-refractivity contribution in [3.05, 3.63) is 0 Å². The van der Waals surface area contributed by atoms with Crippen LogP contribution in [0.3, 0.4) is 0 Å². The summed E-state index contributed by atoms with van der Waals surface area (Å²) >= 11 is 0. The Hall–Kier alpha value is -0.570. The molecule has 0 atom stereocenters. The number of rotatable bonds is 7. The number of amides is 1. The van der Waals surface area contributed by atoms with Gasteiger partial charge in [-0.25, -0.2) is 0 Å². The van der Waals surface area contributed by atoms with Crippen molar-refractivity contribution >= 4 is 5.91 Å². The Bertz CT molecular complexity index is 176. The number of carbonyl (C=O) groups excluding carboxylic acids is 1. The van der Waals surface area contributed by atoms with Gasteiger partial charge in [0, 0.05) is 13.0 Å². The van der Waals surface area contributed by atoms with Crippen LogP contribution in [0.5, 0.6) is 0 Å². The van der Waals surface area contributed by atoms with Gasteiger partial charge in [0.15, 0.2) is 0 Å². The van der Waals surface area contributed by atoms with Crippen LogP contribution in [-0.4, -0.2) is 37.0 Å². The number of carbonyl (C=O) groups is 1. The maximum atomic E-state index is 11.3. The minimum Gasteiger partial charge on any atom is -0.356 e. The van der Waals surface area contributed by atoms with Gasteiger partial charge >= 0.3 is 0 Å².